The third-order valence-corrected chi connectivity index (χ3v) is 5.27. The summed E-state index contributed by atoms with van der Waals surface area (Å²) in [4.78, 5) is 38.9. The largest absolute Gasteiger partial charge is 0.347 e. The fourth-order valence-corrected chi connectivity index (χ4v) is 3.92. The lowest BCUT2D eigenvalue weighted by Crippen LogP contribution is -2.62. The maximum Gasteiger partial charge on any atom is 0.254 e. The van der Waals surface area contributed by atoms with Crippen LogP contribution < -0.4 is 10.6 Å². The van der Waals surface area contributed by atoms with Crippen LogP contribution in [0.25, 0.3) is 0 Å². The molecule has 1 aromatic rings. The van der Waals surface area contributed by atoms with E-state index in [1.54, 1.807) is 23.1 Å². The standard InChI is InChI=1S/C17H19Cl2N3O3/c1-8(2)14-17(25)22-7-9(6-12(22)15(23)21-14)20-16(24)13-10(18)4-3-5-11(13)19/h3-5,8-9,12,14H,6-7H2,1-2H3,(H,20,24)(H,21,23)/t9-,12-,14-/m0/s1. The average Bonchev–Trinajstić information content (AvgIpc) is 2.95. The van der Waals surface area contributed by atoms with E-state index in [0.29, 0.717) is 13.0 Å². The molecule has 3 amide bonds. The van der Waals surface area contributed by atoms with Crippen molar-refractivity contribution in [3.63, 3.8) is 0 Å². The highest BCUT2D eigenvalue weighted by molar-refractivity contribution is 6.39. The van der Waals surface area contributed by atoms with Gasteiger partial charge >= 0.3 is 0 Å². The van der Waals surface area contributed by atoms with Crippen molar-refractivity contribution in [2.24, 2.45) is 5.92 Å². The highest BCUT2D eigenvalue weighted by atomic mass is 35.5. The molecule has 2 N–H and O–H groups in total. The molecule has 6 nitrogen and oxygen atoms in total. The Morgan fingerprint density at radius 1 is 1.28 bits per heavy atom. The van der Waals surface area contributed by atoms with Crippen molar-refractivity contribution in [1.29, 1.82) is 0 Å². The molecule has 2 heterocycles. The normalized spacial score (nSPS) is 25.8. The van der Waals surface area contributed by atoms with Crippen LogP contribution in [-0.4, -0.2) is 47.3 Å². The summed E-state index contributed by atoms with van der Waals surface area (Å²) in [5, 5.41) is 6.13. The molecule has 0 unspecified atom stereocenters. The molecule has 3 atom stereocenters. The molecule has 8 heteroatoms. The minimum Gasteiger partial charge on any atom is -0.347 e. The van der Waals surface area contributed by atoms with Gasteiger partial charge in [-0.1, -0.05) is 43.1 Å². The highest BCUT2D eigenvalue weighted by Gasteiger charge is 2.47. The van der Waals surface area contributed by atoms with Crippen LogP contribution in [0.5, 0.6) is 0 Å². The molecule has 0 bridgehead atoms. The zero-order valence-corrected chi connectivity index (χ0v) is 15.4. The summed E-state index contributed by atoms with van der Waals surface area (Å²) in [6.07, 6.45) is 0.371. The van der Waals surface area contributed by atoms with E-state index < -0.39 is 18.0 Å². The SMILES string of the molecule is CC(C)[C@@H]1NC(=O)[C@@H]2C[C@H](NC(=O)c3c(Cl)cccc3Cl)CN2C1=O. The Hall–Kier alpha value is -1.79. The van der Waals surface area contributed by atoms with Crippen LogP contribution in [0.4, 0.5) is 0 Å². The molecular formula is C17H19Cl2N3O3. The number of piperazine rings is 1. The van der Waals surface area contributed by atoms with Crippen LogP contribution in [0.15, 0.2) is 18.2 Å². The Labute approximate surface area is 155 Å². The summed E-state index contributed by atoms with van der Waals surface area (Å²) in [6.45, 7) is 4.07. The van der Waals surface area contributed by atoms with E-state index in [0.717, 1.165) is 0 Å². The number of nitrogens with one attached hydrogen (secondary N) is 2. The van der Waals surface area contributed by atoms with Crippen molar-refractivity contribution in [2.75, 3.05) is 6.54 Å². The number of hydrogen-bond donors (Lipinski definition) is 2. The quantitative estimate of drug-likeness (QED) is 0.835. The van der Waals surface area contributed by atoms with E-state index in [9.17, 15) is 14.4 Å². The second kappa shape index (κ2) is 6.84. The molecule has 3 rings (SSSR count). The number of nitrogens with zero attached hydrogens (tertiary/aromatic N) is 1. The monoisotopic (exact) mass is 383 g/mol. The number of fused-ring (bicyclic) bond motifs is 1. The van der Waals surface area contributed by atoms with E-state index in [4.69, 9.17) is 23.2 Å². The zero-order valence-electron chi connectivity index (χ0n) is 13.9. The number of halogens is 2. The van der Waals surface area contributed by atoms with Gasteiger partial charge in [0.05, 0.1) is 15.6 Å². The van der Waals surface area contributed by atoms with E-state index in [2.05, 4.69) is 10.6 Å². The maximum atomic E-state index is 12.6. The van der Waals surface area contributed by atoms with E-state index in [1.165, 1.54) is 0 Å². The fraction of sp³-hybridized carbons (Fsp3) is 0.471. The van der Waals surface area contributed by atoms with Gasteiger partial charge in [0.25, 0.3) is 5.91 Å². The predicted molar refractivity (Wildman–Crippen MR) is 94.6 cm³/mol. The van der Waals surface area contributed by atoms with Gasteiger partial charge in [-0.25, -0.2) is 0 Å². The Balaban J connectivity index is 1.74. The Morgan fingerprint density at radius 3 is 2.52 bits per heavy atom. The molecule has 0 radical (unpaired) electrons. The molecule has 0 aliphatic carbocycles. The summed E-state index contributed by atoms with van der Waals surface area (Å²) < 4.78 is 0. The summed E-state index contributed by atoms with van der Waals surface area (Å²) in [5.41, 5.74) is 0.201. The molecule has 0 spiro atoms. The maximum absolute atomic E-state index is 12.6. The number of rotatable bonds is 3. The van der Waals surface area contributed by atoms with Gasteiger partial charge in [0.15, 0.2) is 0 Å². The van der Waals surface area contributed by atoms with Gasteiger partial charge in [0.2, 0.25) is 11.8 Å². The molecular weight excluding hydrogens is 365 g/mol. The van der Waals surface area contributed by atoms with Gasteiger partial charge in [-0.05, 0) is 24.5 Å². The summed E-state index contributed by atoms with van der Waals surface area (Å²) in [7, 11) is 0. The van der Waals surface area contributed by atoms with Gasteiger partial charge in [0.1, 0.15) is 12.1 Å². The van der Waals surface area contributed by atoms with Crippen molar-refractivity contribution in [3.05, 3.63) is 33.8 Å². The first-order valence-corrected chi connectivity index (χ1v) is 8.91. The smallest absolute Gasteiger partial charge is 0.254 e. The van der Waals surface area contributed by atoms with E-state index in [-0.39, 0.29) is 39.4 Å². The van der Waals surface area contributed by atoms with E-state index >= 15 is 0 Å². The summed E-state index contributed by atoms with van der Waals surface area (Å²) in [5.74, 6) is -0.681. The Kier molecular flexibility index (Phi) is 4.93. The molecule has 2 aliphatic heterocycles. The van der Waals surface area contributed by atoms with Gasteiger partial charge < -0.3 is 15.5 Å². The van der Waals surface area contributed by atoms with Gasteiger partial charge in [-0.15, -0.1) is 0 Å². The van der Waals surface area contributed by atoms with Crippen LogP contribution in [0.3, 0.4) is 0 Å². The lowest BCUT2D eigenvalue weighted by Gasteiger charge is -2.36. The number of benzene rings is 1. The third-order valence-electron chi connectivity index (χ3n) is 4.64. The molecule has 2 fully saturated rings. The predicted octanol–water partition coefficient (Wildman–Crippen LogP) is 1.85. The van der Waals surface area contributed by atoms with Gasteiger partial charge in [-0.3, -0.25) is 14.4 Å². The van der Waals surface area contributed by atoms with Crippen molar-refractivity contribution >= 4 is 40.9 Å². The van der Waals surface area contributed by atoms with Crippen molar-refractivity contribution < 1.29 is 14.4 Å². The zero-order chi connectivity index (χ0) is 18.3. The Bertz CT molecular complexity index is 718. The first-order valence-electron chi connectivity index (χ1n) is 8.15. The third kappa shape index (κ3) is 3.33. The lowest BCUT2D eigenvalue weighted by atomic mass is 9.98. The van der Waals surface area contributed by atoms with Crippen LogP contribution in [0, 0.1) is 5.92 Å². The minimum atomic E-state index is -0.547. The highest BCUT2D eigenvalue weighted by Crippen LogP contribution is 2.27. The van der Waals surface area contributed by atoms with Gasteiger partial charge in [-0.2, -0.15) is 0 Å². The molecule has 2 saturated heterocycles. The van der Waals surface area contributed by atoms with Crippen LogP contribution >= 0.6 is 23.2 Å². The second-order valence-electron chi connectivity index (χ2n) is 6.74. The number of carbonyl (C=O) groups is 3. The minimum absolute atomic E-state index is 0.00738. The van der Waals surface area contributed by atoms with Crippen LogP contribution in [0.1, 0.15) is 30.6 Å². The van der Waals surface area contributed by atoms with Crippen LogP contribution in [0.2, 0.25) is 10.0 Å². The number of carbonyl (C=O) groups excluding carboxylic acids is 3. The first-order chi connectivity index (χ1) is 11.8. The topological polar surface area (TPSA) is 78.5 Å². The number of hydrogen-bond acceptors (Lipinski definition) is 3. The average molecular weight is 384 g/mol. The molecule has 0 saturated carbocycles. The van der Waals surface area contributed by atoms with Gasteiger partial charge in [0, 0.05) is 12.6 Å². The van der Waals surface area contributed by atoms with Crippen molar-refractivity contribution in [1.82, 2.24) is 15.5 Å². The number of amides is 3. The lowest BCUT2D eigenvalue weighted by molar-refractivity contribution is -0.148. The second-order valence-corrected chi connectivity index (χ2v) is 7.55. The van der Waals surface area contributed by atoms with Crippen molar-refractivity contribution in [3.8, 4) is 0 Å². The molecule has 25 heavy (non-hydrogen) atoms. The summed E-state index contributed by atoms with van der Waals surface area (Å²) in [6, 6.07) is 3.44. The molecule has 134 valence electrons. The molecule has 0 aromatic heterocycles. The fourth-order valence-electron chi connectivity index (χ4n) is 3.35. The van der Waals surface area contributed by atoms with Crippen molar-refractivity contribution in [2.45, 2.75) is 38.4 Å². The van der Waals surface area contributed by atoms with E-state index in [1.807, 2.05) is 13.8 Å². The molecule has 2 aliphatic rings. The Morgan fingerprint density at radius 2 is 1.92 bits per heavy atom. The first kappa shape index (κ1) is 18.0. The molecule has 1 aromatic carbocycles. The van der Waals surface area contributed by atoms with Crippen LogP contribution in [-0.2, 0) is 9.59 Å². The summed E-state index contributed by atoms with van der Waals surface area (Å²) >= 11 is 12.1.